The summed E-state index contributed by atoms with van der Waals surface area (Å²) < 4.78 is 0. The van der Waals surface area contributed by atoms with Crippen LogP contribution in [0.3, 0.4) is 0 Å². The highest BCUT2D eigenvalue weighted by Gasteiger charge is 2.19. The molecule has 0 spiro atoms. The minimum absolute atomic E-state index is 0.0126. The number of benzene rings is 1. The molecule has 0 bridgehead atoms. The molecular formula is C8H4Cl2N4O2. The fourth-order valence-electron chi connectivity index (χ4n) is 1.19. The molecule has 2 aromatic rings. The van der Waals surface area contributed by atoms with Crippen LogP contribution in [0, 0.1) is 0 Å². The van der Waals surface area contributed by atoms with Crippen molar-refractivity contribution in [3.05, 3.63) is 27.7 Å². The molecule has 8 heteroatoms. The zero-order chi connectivity index (χ0) is 11.7. The third-order valence-corrected chi connectivity index (χ3v) is 2.60. The van der Waals surface area contributed by atoms with Crippen LogP contribution in [0.5, 0.6) is 0 Å². The molecule has 1 aromatic carbocycles. The summed E-state index contributed by atoms with van der Waals surface area (Å²) in [6.07, 6.45) is 0. The van der Waals surface area contributed by atoms with E-state index in [0.29, 0.717) is 0 Å². The van der Waals surface area contributed by atoms with E-state index in [2.05, 4.69) is 20.6 Å². The first-order chi connectivity index (χ1) is 7.61. The monoisotopic (exact) mass is 258 g/mol. The molecule has 0 fully saturated rings. The van der Waals surface area contributed by atoms with Gasteiger partial charge in [-0.15, -0.1) is 10.2 Å². The summed E-state index contributed by atoms with van der Waals surface area (Å²) in [4.78, 5) is 10.9. The topological polar surface area (TPSA) is 91.8 Å². The Bertz CT molecular complexity index is 541. The van der Waals surface area contributed by atoms with E-state index in [0.717, 1.165) is 0 Å². The molecule has 2 N–H and O–H groups in total. The quantitative estimate of drug-likeness (QED) is 0.858. The molecule has 2 rings (SSSR count). The molecule has 1 aromatic heterocycles. The number of aromatic amines is 1. The van der Waals surface area contributed by atoms with Crippen LogP contribution in [0.1, 0.15) is 10.4 Å². The number of aromatic carboxylic acids is 1. The lowest BCUT2D eigenvalue weighted by Gasteiger charge is -2.05. The number of carbonyl (C=O) groups is 1. The van der Waals surface area contributed by atoms with Gasteiger partial charge in [-0.25, -0.2) is 4.79 Å². The van der Waals surface area contributed by atoms with Crippen LogP contribution < -0.4 is 0 Å². The summed E-state index contributed by atoms with van der Waals surface area (Å²) in [6.45, 7) is 0. The van der Waals surface area contributed by atoms with Crippen molar-refractivity contribution in [2.45, 2.75) is 0 Å². The highest BCUT2D eigenvalue weighted by Crippen LogP contribution is 2.34. The predicted octanol–water partition coefficient (Wildman–Crippen LogP) is 1.87. The molecule has 0 aliphatic heterocycles. The molecule has 0 saturated heterocycles. The van der Waals surface area contributed by atoms with Crippen LogP contribution >= 0.6 is 23.2 Å². The number of nitrogens with one attached hydrogen (secondary N) is 1. The van der Waals surface area contributed by atoms with Gasteiger partial charge in [0.25, 0.3) is 0 Å². The van der Waals surface area contributed by atoms with E-state index in [4.69, 9.17) is 28.3 Å². The van der Waals surface area contributed by atoms with Crippen LogP contribution in [0.15, 0.2) is 12.1 Å². The van der Waals surface area contributed by atoms with Crippen molar-refractivity contribution in [2.75, 3.05) is 0 Å². The van der Waals surface area contributed by atoms with Gasteiger partial charge in [0.05, 0.1) is 21.2 Å². The van der Waals surface area contributed by atoms with Crippen molar-refractivity contribution >= 4 is 29.2 Å². The SMILES string of the molecule is O=C(O)c1ccc(Cl)c(-c2nn[nH]n2)c1Cl. The Labute approximate surface area is 99.2 Å². The summed E-state index contributed by atoms with van der Waals surface area (Å²) in [5.74, 6) is -0.996. The third-order valence-electron chi connectivity index (χ3n) is 1.89. The molecule has 0 unspecified atom stereocenters. The van der Waals surface area contributed by atoms with Gasteiger partial charge in [-0.3, -0.25) is 0 Å². The van der Waals surface area contributed by atoms with Crippen molar-refractivity contribution in [3.8, 4) is 11.4 Å². The first kappa shape index (κ1) is 10.8. The van der Waals surface area contributed by atoms with Crippen molar-refractivity contribution < 1.29 is 9.90 Å². The van der Waals surface area contributed by atoms with Gasteiger partial charge in [0, 0.05) is 0 Å². The van der Waals surface area contributed by atoms with E-state index in [1.807, 2.05) is 0 Å². The zero-order valence-corrected chi connectivity index (χ0v) is 9.12. The lowest BCUT2D eigenvalue weighted by Crippen LogP contribution is -1.99. The molecule has 0 saturated carbocycles. The largest absolute Gasteiger partial charge is 0.478 e. The Morgan fingerprint density at radius 2 is 2.12 bits per heavy atom. The van der Waals surface area contributed by atoms with Gasteiger partial charge in [-0.1, -0.05) is 23.2 Å². The van der Waals surface area contributed by atoms with Gasteiger partial charge >= 0.3 is 5.97 Å². The molecule has 0 aliphatic carbocycles. The molecule has 16 heavy (non-hydrogen) atoms. The average molecular weight is 259 g/mol. The minimum atomic E-state index is -1.15. The summed E-state index contributed by atoms with van der Waals surface area (Å²) >= 11 is 11.8. The molecule has 6 nitrogen and oxygen atoms in total. The molecule has 0 radical (unpaired) electrons. The Hall–Kier alpha value is -1.66. The van der Waals surface area contributed by atoms with Gasteiger partial charge in [0.15, 0.2) is 0 Å². The lowest BCUT2D eigenvalue weighted by molar-refractivity contribution is 0.0697. The van der Waals surface area contributed by atoms with E-state index in [1.165, 1.54) is 12.1 Å². The summed E-state index contributed by atoms with van der Waals surface area (Å²) in [5, 5.41) is 22.1. The van der Waals surface area contributed by atoms with Crippen molar-refractivity contribution in [1.82, 2.24) is 20.6 Å². The first-order valence-corrected chi connectivity index (χ1v) is 4.82. The average Bonchev–Trinajstić information content (AvgIpc) is 2.70. The van der Waals surface area contributed by atoms with Crippen LogP contribution in [0.2, 0.25) is 10.0 Å². The standard InChI is InChI=1S/C8H4Cl2N4O2/c9-4-2-1-3(8(15)16)6(10)5(4)7-11-13-14-12-7/h1-2H,(H,15,16)(H,11,12,13,14). The maximum Gasteiger partial charge on any atom is 0.337 e. The lowest BCUT2D eigenvalue weighted by atomic mass is 10.1. The normalized spacial score (nSPS) is 10.4. The summed E-state index contributed by atoms with van der Waals surface area (Å²) in [6, 6.07) is 2.74. The van der Waals surface area contributed by atoms with Crippen molar-refractivity contribution in [2.24, 2.45) is 0 Å². The van der Waals surface area contributed by atoms with Crippen LogP contribution in [-0.4, -0.2) is 31.7 Å². The van der Waals surface area contributed by atoms with E-state index in [1.54, 1.807) is 0 Å². The number of H-pyrrole nitrogens is 1. The summed E-state index contributed by atoms with van der Waals surface area (Å²) in [7, 11) is 0. The number of hydrogen-bond donors (Lipinski definition) is 2. The zero-order valence-electron chi connectivity index (χ0n) is 7.61. The molecule has 0 amide bonds. The molecular weight excluding hydrogens is 255 g/mol. The number of hydrogen-bond acceptors (Lipinski definition) is 4. The Balaban J connectivity index is 2.69. The smallest absolute Gasteiger partial charge is 0.337 e. The Morgan fingerprint density at radius 3 is 2.69 bits per heavy atom. The maximum atomic E-state index is 10.9. The Morgan fingerprint density at radius 1 is 1.38 bits per heavy atom. The van der Waals surface area contributed by atoms with Crippen LogP contribution in [0.4, 0.5) is 0 Å². The second-order valence-corrected chi connectivity index (χ2v) is 3.61. The molecule has 0 atom stereocenters. The highest BCUT2D eigenvalue weighted by molar-refractivity contribution is 6.40. The third kappa shape index (κ3) is 1.72. The van der Waals surface area contributed by atoms with Crippen molar-refractivity contribution in [1.29, 1.82) is 0 Å². The number of tetrazole rings is 1. The molecule has 0 aliphatic rings. The van der Waals surface area contributed by atoms with E-state index in [9.17, 15) is 4.79 Å². The van der Waals surface area contributed by atoms with Gasteiger partial charge in [-0.2, -0.15) is 5.21 Å². The Kier molecular flexibility index (Phi) is 2.76. The number of carboxylic acid groups (broad SMARTS) is 1. The predicted molar refractivity (Wildman–Crippen MR) is 56.6 cm³/mol. The second kappa shape index (κ2) is 4.07. The fourth-order valence-corrected chi connectivity index (χ4v) is 1.81. The highest BCUT2D eigenvalue weighted by atomic mass is 35.5. The molecule has 1 heterocycles. The van der Waals surface area contributed by atoms with Crippen LogP contribution in [-0.2, 0) is 0 Å². The van der Waals surface area contributed by atoms with Gasteiger partial charge in [-0.05, 0) is 17.3 Å². The van der Waals surface area contributed by atoms with E-state index >= 15 is 0 Å². The molecule has 82 valence electrons. The van der Waals surface area contributed by atoms with Gasteiger partial charge in [0.2, 0.25) is 5.82 Å². The minimum Gasteiger partial charge on any atom is -0.478 e. The van der Waals surface area contributed by atoms with E-state index in [-0.39, 0.29) is 27.0 Å². The van der Waals surface area contributed by atoms with Gasteiger partial charge in [0.1, 0.15) is 0 Å². The number of aromatic nitrogens is 4. The van der Waals surface area contributed by atoms with Crippen LogP contribution in [0.25, 0.3) is 11.4 Å². The number of rotatable bonds is 2. The number of halogens is 2. The number of carboxylic acids is 1. The first-order valence-electron chi connectivity index (χ1n) is 4.06. The summed E-state index contributed by atoms with van der Waals surface area (Å²) in [5.41, 5.74) is 0.183. The van der Waals surface area contributed by atoms with E-state index < -0.39 is 5.97 Å². The van der Waals surface area contributed by atoms with Crippen molar-refractivity contribution in [3.63, 3.8) is 0 Å². The fraction of sp³-hybridized carbons (Fsp3) is 0. The van der Waals surface area contributed by atoms with Gasteiger partial charge < -0.3 is 5.11 Å². The second-order valence-electron chi connectivity index (χ2n) is 2.82. The number of nitrogens with zero attached hydrogens (tertiary/aromatic N) is 3. The maximum absolute atomic E-state index is 10.9.